The van der Waals surface area contributed by atoms with Crippen molar-refractivity contribution < 1.29 is 47.5 Å². The van der Waals surface area contributed by atoms with E-state index < -0.39 is 57.7 Å². The van der Waals surface area contributed by atoms with Crippen LogP contribution >= 0.6 is 7.82 Å². The van der Waals surface area contributed by atoms with Gasteiger partial charge in [0.2, 0.25) is 0 Å². The van der Waals surface area contributed by atoms with Crippen LogP contribution in [0.5, 0.6) is 0 Å². The summed E-state index contributed by atoms with van der Waals surface area (Å²) in [6.45, 7) is 2.61. The average Bonchev–Trinajstić information content (AvgIpc) is 3.20. The molecule has 0 fully saturated rings. The second-order valence-corrected chi connectivity index (χ2v) is 15.2. The largest absolute Gasteiger partial charge is 0.480 e. The van der Waals surface area contributed by atoms with Gasteiger partial charge in [-0.25, -0.2) is 4.57 Å². The van der Waals surface area contributed by atoms with Gasteiger partial charge >= 0.3 is 25.7 Å². The summed E-state index contributed by atoms with van der Waals surface area (Å²) in [5.74, 6) is -2.54. The predicted molar refractivity (Wildman–Crippen MR) is 235 cm³/mol. The first-order valence-corrected chi connectivity index (χ1v) is 22.8. The van der Waals surface area contributed by atoms with E-state index in [9.17, 15) is 23.8 Å². The number of aliphatic carboxylic acids is 1. The molecule has 0 saturated heterocycles. The van der Waals surface area contributed by atoms with Crippen LogP contribution in [0.15, 0.2) is 97.2 Å². The number of unbranched alkanes of at least 4 members (excludes halogenated alkanes) is 8. The molecule has 0 saturated carbocycles. The van der Waals surface area contributed by atoms with Gasteiger partial charge in [-0.15, -0.1) is 0 Å². The first-order valence-electron chi connectivity index (χ1n) is 21.3. The van der Waals surface area contributed by atoms with Crippen LogP contribution in [0.2, 0.25) is 0 Å². The van der Waals surface area contributed by atoms with E-state index in [0.717, 1.165) is 51.4 Å². The van der Waals surface area contributed by atoms with Crippen LogP contribution in [-0.4, -0.2) is 59.9 Å². The van der Waals surface area contributed by atoms with Gasteiger partial charge in [-0.2, -0.15) is 0 Å². The summed E-state index contributed by atoms with van der Waals surface area (Å²) in [5, 5.41) is 8.88. The second kappa shape index (κ2) is 40.2. The van der Waals surface area contributed by atoms with E-state index >= 15 is 0 Å². The van der Waals surface area contributed by atoms with Crippen LogP contribution in [0.25, 0.3) is 0 Å². The van der Waals surface area contributed by atoms with Crippen molar-refractivity contribution in [3.63, 3.8) is 0 Å². The highest BCUT2D eigenvalue weighted by atomic mass is 31.2. The Bertz CT molecular complexity index is 1350. The molecule has 0 aromatic carbocycles. The standard InChI is InChI=1S/C46H74NO10P/c1-3-5-7-9-11-13-15-17-19-21-23-25-27-29-31-33-35-37-44(48)54-39-42(40-55-58(52,53)56-41-43(47)46(50)51)57-45(49)38-36-34-32-30-28-26-24-22-20-18-16-14-12-10-8-6-4-2/h11-14,17-20,23-26,29-32,42-43H,3-10,15-16,21-22,27-28,33-41,47H2,1-2H3,(H,50,51)(H,52,53). The van der Waals surface area contributed by atoms with E-state index in [1.165, 1.54) is 38.5 Å². The highest BCUT2D eigenvalue weighted by molar-refractivity contribution is 7.47. The van der Waals surface area contributed by atoms with Crippen molar-refractivity contribution in [1.82, 2.24) is 0 Å². The van der Waals surface area contributed by atoms with Crippen LogP contribution in [0.4, 0.5) is 0 Å². The summed E-state index contributed by atoms with van der Waals surface area (Å²) < 4.78 is 32.5. The van der Waals surface area contributed by atoms with Crippen LogP contribution in [0, 0.1) is 0 Å². The molecule has 4 N–H and O–H groups in total. The van der Waals surface area contributed by atoms with Gasteiger partial charge in [-0.3, -0.25) is 23.4 Å². The Morgan fingerprint density at radius 2 is 0.897 bits per heavy atom. The Morgan fingerprint density at radius 3 is 1.29 bits per heavy atom. The number of esters is 2. The van der Waals surface area contributed by atoms with Crippen molar-refractivity contribution in [2.45, 2.75) is 154 Å². The molecule has 0 heterocycles. The van der Waals surface area contributed by atoms with E-state index in [2.05, 4.69) is 91.3 Å². The van der Waals surface area contributed by atoms with Gasteiger partial charge in [0.05, 0.1) is 13.2 Å². The zero-order chi connectivity index (χ0) is 42.8. The molecule has 3 atom stereocenters. The third kappa shape index (κ3) is 39.2. The first kappa shape index (κ1) is 54.4. The summed E-state index contributed by atoms with van der Waals surface area (Å²) >= 11 is 0. The van der Waals surface area contributed by atoms with Gasteiger partial charge in [0.15, 0.2) is 6.10 Å². The van der Waals surface area contributed by atoms with Crippen molar-refractivity contribution >= 4 is 25.7 Å². The predicted octanol–water partition coefficient (Wildman–Crippen LogP) is 11.3. The highest BCUT2D eigenvalue weighted by Gasteiger charge is 2.28. The summed E-state index contributed by atoms with van der Waals surface area (Å²) in [6.07, 6.45) is 50.6. The van der Waals surface area contributed by atoms with Crippen LogP contribution in [0.1, 0.15) is 142 Å². The molecule has 0 aliphatic rings. The molecule has 0 rings (SSSR count). The van der Waals surface area contributed by atoms with E-state index in [1.54, 1.807) is 0 Å². The lowest BCUT2D eigenvalue weighted by molar-refractivity contribution is -0.161. The normalized spacial score (nSPS) is 14.7. The maximum atomic E-state index is 12.6. The molecular weight excluding hydrogens is 757 g/mol. The Kier molecular flexibility index (Phi) is 37.7. The van der Waals surface area contributed by atoms with Crippen LogP contribution in [0.3, 0.4) is 0 Å². The molecule has 0 aromatic rings. The number of rotatable bonds is 38. The lowest BCUT2D eigenvalue weighted by atomic mass is 10.2. The lowest BCUT2D eigenvalue weighted by Crippen LogP contribution is -2.34. The van der Waals surface area contributed by atoms with Gasteiger partial charge in [0, 0.05) is 12.8 Å². The van der Waals surface area contributed by atoms with Gasteiger partial charge in [0.25, 0.3) is 0 Å². The van der Waals surface area contributed by atoms with Gasteiger partial charge in [-0.1, -0.05) is 137 Å². The van der Waals surface area contributed by atoms with Crippen molar-refractivity contribution in [2.24, 2.45) is 5.73 Å². The summed E-state index contributed by atoms with van der Waals surface area (Å²) in [7, 11) is -4.75. The number of phosphoric ester groups is 1. The molecule has 12 heteroatoms. The summed E-state index contributed by atoms with van der Waals surface area (Å²) in [6, 6.07) is -1.54. The van der Waals surface area contributed by atoms with Gasteiger partial charge < -0.3 is 25.2 Å². The number of carbonyl (C=O) groups is 3. The molecule has 58 heavy (non-hydrogen) atoms. The molecule has 0 aliphatic heterocycles. The Morgan fingerprint density at radius 1 is 0.534 bits per heavy atom. The van der Waals surface area contributed by atoms with Gasteiger partial charge in [0.1, 0.15) is 12.6 Å². The van der Waals surface area contributed by atoms with Crippen LogP contribution in [-0.2, 0) is 37.5 Å². The fourth-order valence-corrected chi connectivity index (χ4v) is 5.71. The van der Waals surface area contributed by atoms with E-state index in [1.807, 2.05) is 24.3 Å². The fourth-order valence-electron chi connectivity index (χ4n) is 4.93. The minimum atomic E-state index is -4.75. The molecule has 3 unspecified atom stereocenters. The number of hydrogen-bond acceptors (Lipinski definition) is 9. The minimum absolute atomic E-state index is 0.0678. The number of hydrogen-bond donors (Lipinski definition) is 3. The summed E-state index contributed by atoms with van der Waals surface area (Å²) in [5.41, 5.74) is 5.32. The molecular formula is C46H74NO10P. The number of carbonyl (C=O) groups excluding carboxylic acids is 2. The molecule has 328 valence electrons. The number of carboxylic acid groups (broad SMARTS) is 1. The van der Waals surface area contributed by atoms with E-state index in [0.29, 0.717) is 25.7 Å². The average molecular weight is 832 g/mol. The lowest BCUT2D eigenvalue weighted by Gasteiger charge is -2.20. The molecule has 0 radical (unpaired) electrons. The Balaban J connectivity index is 4.60. The highest BCUT2D eigenvalue weighted by Crippen LogP contribution is 2.43. The first-order chi connectivity index (χ1) is 28.1. The maximum absolute atomic E-state index is 12.6. The maximum Gasteiger partial charge on any atom is 0.472 e. The fraction of sp³-hybridized carbons (Fsp3) is 0.587. The SMILES string of the molecule is CCCCCC=CCC=CCC=CCC=CCCCC(=O)OCC(COP(=O)(O)OCC(N)C(=O)O)OC(=O)CCCC=CCC=CCC=CCC=CCCCCC. The molecule has 0 bridgehead atoms. The van der Waals surface area contributed by atoms with Crippen molar-refractivity contribution in [3.05, 3.63) is 97.2 Å². The number of phosphoric acid groups is 1. The molecule has 11 nitrogen and oxygen atoms in total. The second-order valence-electron chi connectivity index (χ2n) is 13.8. The topological polar surface area (TPSA) is 172 Å². The molecule has 0 aromatic heterocycles. The number of ether oxygens (including phenoxy) is 2. The zero-order valence-corrected chi connectivity index (χ0v) is 36.2. The molecule has 0 aliphatic carbocycles. The molecule has 0 spiro atoms. The van der Waals surface area contributed by atoms with Crippen molar-refractivity contribution in [2.75, 3.05) is 19.8 Å². The Labute approximate surface area is 349 Å². The number of carboxylic acids is 1. The smallest absolute Gasteiger partial charge is 0.472 e. The summed E-state index contributed by atoms with van der Waals surface area (Å²) in [4.78, 5) is 45.9. The van der Waals surface area contributed by atoms with Gasteiger partial charge in [-0.05, 0) is 89.9 Å². The number of allylic oxidation sites excluding steroid dienone is 16. The Hall–Kier alpha value is -3.60. The van der Waals surface area contributed by atoms with Crippen molar-refractivity contribution in [3.8, 4) is 0 Å². The monoisotopic (exact) mass is 832 g/mol. The van der Waals surface area contributed by atoms with Crippen molar-refractivity contribution in [1.29, 1.82) is 0 Å². The zero-order valence-electron chi connectivity index (χ0n) is 35.3. The molecule has 0 amide bonds. The third-order valence-electron chi connectivity index (χ3n) is 8.30. The minimum Gasteiger partial charge on any atom is -0.480 e. The number of nitrogens with two attached hydrogens (primary N) is 1. The third-order valence-corrected chi connectivity index (χ3v) is 9.26. The quantitative estimate of drug-likeness (QED) is 0.0234. The van der Waals surface area contributed by atoms with E-state index in [4.69, 9.17) is 24.8 Å². The van der Waals surface area contributed by atoms with E-state index in [-0.39, 0.29) is 12.8 Å². The van der Waals surface area contributed by atoms with Crippen LogP contribution < -0.4 is 5.73 Å².